The van der Waals surface area contributed by atoms with E-state index in [9.17, 15) is 10.2 Å². The summed E-state index contributed by atoms with van der Waals surface area (Å²) in [7, 11) is 1.62. The molecule has 2 atom stereocenters. The number of methoxy groups -OCH3 is 1. The molecule has 1 heterocycles. The van der Waals surface area contributed by atoms with E-state index in [4.69, 9.17) is 4.74 Å². The van der Waals surface area contributed by atoms with E-state index >= 15 is 0 Å². The highest BCUT2D eigenvalue weighted by Crippen LogP contribution is 2.39. The standard InChI is InChI=1S/C19H23NO3/c1-23-16-7-8-19(22)17(9-16)18-12-20(11-15(18)13-21)10-14-5-3-2-4-6-14/h2-9,15,18,21-22H,10-13H2,1H3. The fraction of sp³-hybridized carbons (Fsp3) is 0.368. The number of phenols is 1. The van der Waals surface area contributed by atoms with Crippen molar-refractivity contribution < 1.29 is 14.9 Å². The zero-order chi connectivity index (χ0) is 16.2. The van der Waals surface area contributed by atoms with E-state index < -0.39 is 0 Å². The SMILES string of the molecule is COc1ccc(O)c(C2CN(Cc3ccccc3)CC2CO)c1. The molecule has 1 saturated heterocycles. The number of nitrogens with zero attached hydrogens (tertiary/aromatic N) is 1. The fourth-order valence-corrected chi connectivity index (χ4v) is 3.43. The lowest BCUT2D eigenvalue weighted by molar-refractivity contribution is 0.213. The van der Waals surface area contributed by atoms with Gasteiger partial charge in [-0.1, -0.05) is 30.3 Å². The summed E-state index contributed by atoms with van der Waals surface area (Å²) < 4.78 is 5.27. The van der Waals surface area contributed by atoms with E-state index in [1.165, 1.54) is 5.56 Å². The van der Waals surface area contributed by atoms with E-state index in [2.05, 4.69) is 17.0 Å². The Balaban J connectivity index is 1.79. The van der Waals surface area contributed by atoms with Crippen molar-refractivity contribution in [2.45, 2.75) is 12.5 Å². The minimum Gasteiger partial charge on any atom is -0.508 e. The average molecular weight is 313 g/mol. The molecule has 0 saturated carbocycles. The van der Waals surface area contributed by atoms with Crippen LogP contribution in [0.3, 0.4) is 0 Å². The predicted molar refractivity (Wildman–Crippen MR) is 89.7 cm³/mol. The Morgan fingerprint density at radius 1 is 1.13 bits per heavy atom. The molecule has 2 aromatic carbocycles. The molecular weight excluding hydrogens is 290 g/mol. The lowest BCUT2D eigenvalue weighted by Crippen LogP contribution is -2.20. The molecule has 3 rings (SSSR count). The third-order valence-electron chi connectivity index (χ3n) is 4.63. The van der Waals surface area contributed by atoms with E-state index in [0.29, 0.717) is 0 Å². The molecule has 0 spiro atoms. The van der Waals surface area contributed by atoms with E-state index in [1.54, 1.807) is 19.2 Å². The number of likely N-dealkylation sites (tertiary alicyclic amines) is 1. The van der Waals surface area contributed by atoms with Crippen LogP contribution < -0.4 is 4.74 Å². The van der Waals surface area contributed by atoms with Crippen molar-refractivity contribution in [3.63, 3.8) is 0 Å². The van der Waals surface area contributed by atoms with Crippen molar-refractivity contribution in [1.29, 1.82) is 0 Å². The van der Waals surface area contributed by atoms with Crippen LogP contribution in [0.15, 0.2) is 48.5 Å². The van der Waals surface area contributed by atoms with Gasteiger partial charge in [-0.15, -0.1) is 0 Å². The summed E-state index contributed by atoms with van der Waals surface area (Å²) in [5.74, 6) is 1.24. The van der Waals surface area contributed by atoms with Crippen LogP contribution in [0.1, 0.15) is 17.0 Å². The summed E-state index contributed by atoms with van der Waals surface area (Å²) in [6, 6.07) is 15.6. The van der Waals surface area contributed by atoms with Gasteiger partial charge in [0, 0.05) is 43.6 Å². The zero-order valence-electron chi connectivity index (χ0n) is 13.4. The minimum atomic E-state index is 0.110. The number of phenolic OH excluding ortho intramolecular Hbond substituents is 1. The molecule has 4 heteroatoms. The number of aliphatic hydroxyl groups excluding tert-OH is 1. The number of hydrogen-bond donors (Lipinski definition) is 2. The van der Waals surface area contributed by atoms with Gasteiger partial charge in [0.05, 0.1) is 7.11 Å². The molecular formula is C19H23NO3. The Bertz CT molecular complexity index is 644. The average Bonchev–Trinajstić information content (AvgIpc) is 2.99. The maximum atomic E-state index is 10.2. The fourth-order valence-electron chi connectivity index (χ4n) is 3.43. The molecule has 0 aromatic heterocycles. The highest BCUT2D eigenvalue weighted by molar-refractivity contribution is 5.42. The minimum absolute atomic E-state index is 0.110. The van der Waals surface area contributed by atoms with Crippen LogP contribution in [-0.4, -0.2) is 41.9 Å². The lowest BCUT2D eigenvalue weighted by atomic mass is 9.89. The largest absolute Gasteiger partial charge is 0.508 e. The van der Waals surface area contributed by atoms with Crippen LogP contribution in [0.4, 0.5) is 0 Å². The van der Waals surface area contributed by atoms with Gasteiger partial charge in [0.25, 0.3) is 0 Å². The van der Waals surface area contributed by atoms with Crippen LogP contribution in [0, 0.1) is 5.92 Å². The van der Waals surface area contributed by atoms with Gasteiger partial charge in [-0.05, 0) is 23.8 Å². The van der Waals surface area contributed by atoms with Crippen molar-refractivity contribution in [3.8, 4) is 11.5 Å². The second-order valence-corrected chi connectivity index (χ2v) is 6.15. The smallest absolute Gasteiger partial charge is 0.119 e. The third kappa shape index (κ3) is 3.49. The van der Waals surface area contributed by atoms with Crippen LogP contribution >= 0.6 is 0 Å². The van der Waals surface area contributed by atoms with Gasteiger partial charge in [0.2, 0.25) is 0 Å². The molecule has 1 aliphatic heterocycles. The number of hydrogen-bond acceptors (Lipinski definition) is 4. The molecule has 0 radical (unpaired) electrons. The maximum absolute atomic E-state index is 10.2. The van der Waals surface area contributed by atoms with Crippen molar-refractivity contribution in [3.05, 3.63) is 59.7 Å². The monoisotopic (exact) mass is 313 g/mol. The highest BCUT2D eigenvalue weighted by atomic mass is 16.5. The van der Waals surface area contributed by atoms with Crippen LogP contribution in [-0.2, 0) is 6.54 Å². The van der Waals surface area contributed by atoms with Gasteiger partial charge in [-0.25, -0.2) is 0 Å². The van der Waals surface area contributed by atoms with Crippen molar-refractivity contribution in [1.82, 2.24) is 4.90 Å². The van der Waals surface area contributed by atoms with E-state index in [-0.39, 0.29) is 24.2 Å². The van der Waals surface area contributed by atoms with Crippen molar-refractivity contribution >= 4 is 0 Å². The molecule has 2 aromatic rings. The normalized spacial score (nSPS) is 21.5. The lowest BCUT2D eigenvalue weighted by Gasteiger charge is -2.18. The molecule has 0 aliphatic carbocycles. The summed E-state index contributed by atoms with van der Waals surface area (Å²) in [5.41, 5.74) is 2.12. The van der Waals surface area contributed by atoms with Gasteiger partial charge in [0.1, 0.15) is 11.5 Å². The number of ether oxygens (including phenoxy) is 1. The number of benzene rings is 2. The molecule has 0 bridgehead atoms. The van der Waals surface area contributed by atoms with Crippen LogP contribution in [0.5, 0.6) is 11.5 Å². The number of aromatic hydroxyl groups is 1. The van der Waals surface area contributed by atoms with Crippen molar-refractivity contribution in [2.24, 2.45) is 5.92 Å². The zero-order valence-corrected chi connectivity index (χ0v) is 13.4. The van der Waals surface area contributed by atoms with Gasteiger partial charge in [0.15, 0.2) is 0 Å². The molecule has 1 aliphatic rings. The summed E-state index contributed by atoms with van der Waals surface area (Å²) in [5, 5.41) is 20.0. The van der Waals surface area contributed by atoms with Crippen LogP contribution in [0.25, 0.3) is 0 Å². The Morgan fingerprint density at radius 3 is 2.61 bits per heavy atom. The van der Waals surface area contributed by atoms with Gasteiger partial charge >= 0.3 is 0 Å². The Morgan fingerprint density at radius 2 is 1.91 bits per heavy atom. The second-order valence-electron chi connectivity index (χ2n) is 6.15. The van der Waals surface area contributed by atoms with Gasteiger partial charge in [-0.2, -0.15) is 0 Å². The quantitative estimate of drug-likeness (QED) is 0.891. The molecule has 2 unspecified atom stereocenters. The summed E-state index contributed by atoms with van der Waals surface area (Å²) in [4.78, 5) is 2.33. The summed E-state index contributed by atoms with van der Waals surface area (Å²) >= 11 is 0. The molecule has 122 valence electrons. The molecule has 1 fully saturated rings. The maximum Gasteiger partial charge on any atom is 0.119 e. The van der Waals surface area contributed by atoms with Gasteiger partial charge < -0.3 is 14.9 Å². The highest BCUT2D eigenvalue weighted by Gasteiger charge is 2.34. The second kappa shape index (κ2) is 7.02. The van der Waals surface area contributed by atoms with E-state index in [0.717, 1.165) is 30.9 Å². The molecule has 0 amide bonds. The first kappa shape index (κ1) is 15.8. The summed E-state index contributed by atoms with van der Waals surface area (Å²) in [6.45, 7) is 2.62. The van der Waals surface area contributed by atoms with E-state index in [1.807, 2.05) is 24.3 Å². The number of aliphatic hydroxyl groups is 1. The first-order chi connectivity index (χ1) is 11.2. The van der Waals surface area contributed by atoms with Crippen molar-refractivity contribution in [2.75, 3.05) is 26.8 Å². The topological polar surface area (TPSA) is 52.9 Å². The summed E-state index contributed by atoms with van der Waals surface area (Å²) in [6.07, 6.45) is 0. The predicted octanol–water partition coefficient (Wildman–Crippen LogP) is 2.61. The molecule has 2 N–H and O–H groups in total. The Labute approximate surface area is 136 Å². The Kier molecular flexibility index (Phi) is 4.84. The molecule has 23 heavy (non-hydrogen) atoms. The Hall–Kier alpha value is -2.04. The third-order valence-corrected chi connectivity index (χ3v) is 4.63. The molecule has 4 nitrogen and oxygen atoms in total. The van der Waals surface area contributed by atoms with Crippen LogP contribution in [0.2, 0.25) is 0 Å². The first-order valence-electron chi connectivity index (χ1n) is 7.95. The first-order valence-corrected chi connectivity index (χ1v) is 7.95. The number of rotatable bonds is 5. The van der Waals surface area contributed by atoms with Gasteiger partial charge in [-0.3, -0.25) is 4.90 Å².